The number of aromatic hydroxyl groups is 2. The van der Waals surface area contributed by atoms with E-state index in [9.17, 15) is 15.0 Å². The van der Waals surface area contributed by atoms with Crippen LogP contribution in [-0.2, 0) is 0 Å². The van der Waals surface area contributed by atoms with Crippen LogP contribution in [0.4, 0.5) is 0 Å². The van der Waals surface area contributed by atoms with Gasteiger partial charge in [-0.3, -0.25) is 4.79 Å². The molecule has 0 fully saturated rings. The van der Waals surface area contributed by atoms with Gasteiger partial charge in [0.2, 0.25) is 0 Å². The molecule has 0 amide bonds. The van der Waals surface area contributed by atoms with E-state index in [0.29, 0.717) is 29.5 Å². The van der Waals surface area contributed by atoms with Gasteiger partial charge in [0.15, 0.2) is 5.78 Å². The van der Waals surface area contributed by atoms with Crippen molar-refractivity contribution in [3.8, 4) is 11.5 Å². The van der Waals surface area contributed by atoms with Crippen molar-refractivity contribution < 1.29 is 15.0 Å². The van der Waals surface area contributed by atoms with Gasteiger partial charge in [-0.25, -0.2) is 0 Å². The molecule has 0 unspecified atom stereocenters. The average molecular weight is 234 g/mol. The number of hydrogen-bond donors (Lipinski definition) is 2. The summed E-state index contributed by atoms with van der Waals surface area (Å²) in [7, 11) is 0. The maximum absolute atomic E-state index is 11.9. The zero-order valence-corrected chi connectivity index (χ0v) is 10.4. The summed E-state index contributed by atoms with van der Waals surface area (Å²) >= 11 is 0. The highest BCUT2D eigenvalue weighted by Gasteiger charge is 2.16. The number of benzene rings is 1. The zero-order valence-electron chi connectivity index (χ0n) is 10.4. The summed E-state index contributed by atoms with van der Waals surface area (Å²) in [5, 5.41) is 19.5. The first-order chi connectivity index (χ1) is 7.99. The SMILES string of the molecule is CC=CCCC(=O)c1cc(C)c(O)c(C)c1O. The molecule has 0 aromatic heterocycles. The Morgan fingerprint density at radius 2 is 1.94 bits per heavy atom. The van der Waals surface area contributed by atoms with Gasteiger partial charge in [0.05, 0.1) is 5.56 Å². The summed E-state index contributed by atoms with van der Waals surface area (Å²) in [5.41, 5.74) is 1.26. The van der Waals surface area contributed by atoms with Gasteiger partial charge in [0, 0.05) is 12.0 Å². The number of Topliss-reactive ketones (excluding diaryl/α,β-unsaturated/α-hetero) is 1. The minimum absolute atomic E-state index is 0.0486. The second-order valence-electron chi connectivity index (χ2n) is 4.09. The average Bonchev–Trinajstić information content (AvgIpc) is 2.31. The highest BCUT2D eigenvalue weighted by atomic mass is 16.3. The predicted molar refractivity (Wildman–Crippen MR) is 67.6 cm³/mol. The number of allylic oxidation sites excluding steroid dienone is 2. The fourth-order valence-corrected chi connectivity index (χ4v) is 1.69. The molecule has 0 saturated heterocycles. The van der Waals surface area contributed by atoms with Gasteiger partial charge in [-0.05, 0) is 38.8 Å². The third kappa shape index (κ3) is 2.87. The smallest absolute Gasteiger partial charge is 0.166 e. The molecule has 0 aliphatic carbocycles. The van der Waals surface area contributed by atoms with Crippen molar-refractivity contribution >= 4 is 5.78 Å². The van der Waals surface area contributed by atoms with Crippen LogP contribution >= 0.6 is 0 Å². The van der Waals surface area contributed by atoms with E-state index >= 15 is 0 Å². The molecular formula is C14H18O3. The molecule has 0 saturated carbocycles. The zero-order chi connectivity index (χ0) is 13.0. The summed E-state index contributed by atoms with van der Waals surface area (Å²) in [5.74, 6) is -0.169. The summed E-state index contributed by atoms with van der Waals surface area (Å²) in [6, 6.07) is 1.54. The van der Waals surface area contributed by atoms with Crippen molar-refractivity contribution in [1.82, 2.24) is 0 Å². The van der Waals surface area contributed by atoms with Crippen LogP contribution in [-0.4, -0.2) is 16.0 Å². The molecule has 1 rings (SSSR count). The van der Waals surface area contributed by atoms with E-state index in [1.54, 1.807) is 13.8 Å². The molecule has 2 N–H and O–H groups in total. The quantitative estimate of drug-likeness (QED) is 0.621. The summed E-state index contributed by atoms with van der Waals surface area (Å²) < 4.78 is 0. The van der Waals surface area contributed by atoms with Gasteiger partial charge in [-0.2, -0.15) is 0 Å². The van der Waals surface area contributed by atoms with Crippen LogP contribution in [0.2, 0.25) is 0 Å². The molecule has 0 radical (unpaired) electrons. The topological polar surface area (TPSA) is 57.5 Å². The normalized spacial score (nSPS) is 11.0. The number of aryl methyl sites for hydroxylation is 1. The fourth-order valence-electron chi connectivity index (χ4n) is 1.69. The van der Waals surface area contributed by atoms with Crippen LogP contribution in [0.3, 0.4) is 0 Å². The maximum Gasteiger partial charge on any atom is 0.166 e. The largest absolute Gasteiger partial charge is 0.507 e. The monoisotopic (exact) mass is 234 g/mol. The number of phenolic OH excluding ortho intramolecular Hbond substituents is 2. The molecule has 1 aromatic carbocycles. The van der Waals surface area contributed by atoms with Gasteiger partial charge < -0.3 is 10.2 Å². The molecule has 0 bridgehead atoms. The Morgan fingerprint density at radius 3 is 2.53 bits per heavy atom. The first-order valence-corrected chi connectivity index (χ1v) is 5.65. The number of carbonyl (C=O) groups is 1. The molecule has 17 heavy (non-hydrogen) atoms. The molecule has 3 nitrogen and oxygen atoms in total. The summed E-state index contributed by atoms with van der Waals surface area (Å²) in [4.78, 5) is 11.9. The van der Waals surface area contributed by atoms with E-state index in [0.717, 1.165) is 0 Å². The minimum atomic E-state index is -0.112. The van der Waals surface area contributed by atoms with Gasteiger partial charge in [0.25, 0.3) is 0 Å². The predicted octanol–water partition coefficient (Wildman–Crippen LogP) is 3.25. The van der Waals surface area contributed by atoms with Crippen LogP contribution in [0.15, 0.2) is 18.2 Å². The molecule has 3 heteroatoms. The first-order valence-electron chi connectivity index (χ1n) is 5.65. The van der Waals surface area contributed by atoms with Gasteiger partial charge in [0.1, 0.15) is 11.5 Å². The lowest BCUT2D eigenvalue weighted by Gasteiger charge is -2.10. The second kappa shape index (κ2) is 5.53. The van der Waals surface area contributed by atoms with Crippen molar-refractivity contribution in [3.63, 3.8) is 0 Å². The van der Waals surface area contributed by atoms with E-state index in [1.165, 1.54) is 6.07 Å². The molecule has 0 atom stereocenters. The highest BCUT2D eigenvalue weighted by molar-refractivity contribution is 5.99. The van der Waals surface area contributed by atoms with E-state index in [1.807, 2.05) is 19.1 Å². The Labute approximate surface area is 101 Å². The standard InChI is InChI=1S/C14H18O3/c1-4-5-6-7-12(15)11-8-9(2)13(16)10(3)14(11)17/h4-5,8,16-17H,6-7H2,1-3H3. The molecular weight excluding hydrogens is 216 g/mol. The number of rotatable bonds is 4. The minimum Gasteiger partial charge on any atom is -0.507 e. The lowest BCUT2D eigenvalue weighted by atomic mass is 9.99. The first kappa shape index (κ1) is 13.3. The van der Waals surface area contributed by atoms with Crippen LogP contribution in [0, 0.1) is 13.8 Å². The number of hydrogen-bond acceptors (Lipinski definition) is 3. The molecule has 92 valence electrons. The molecule has 0 heterocycles. The third-order valence-electron chi connectivity index (χ3n) is 2.77. The second-order valence-corrected chi connectivity index (χ2v) is 4.09. The van der Waals surface area contributed by atoms with Crippen molar-refractivity contribution in [2.75, 3.05) is 0 Å². The van der Waals surface area contributed by atoms with Crippen LogP contribution in [0.5, 0.6) is 11.5 Å². The van der Waals surface area contributed by atoms with Gasteiger partial charge >= 0.3 is 0 Å². The van der Waals surface area contributed by atoms with E-state index < -0.39 is 0 Å². The van der Waals surface area contributed by atoms with Crippen LogP contribution in [0.25, 0.3) is 0 Å². The van der Waals surface area contributed by atoms with Crippen molar-refractivity contribution in [3.05, 3.63) is 34.9 Å². The van der Waals surface area contributed by atoms with Gasteiger partial charge in [-0.1, -0.05) is 12.2 Å². The highest BCUT2D eigenvalue weighted by Crippen LogP contribution is 2.33. The Kier molecular flexibility index (Phi) is 4.32. The summed E-state index contributed by atoms with van der Waals surface area (Å²) in [6.07, 6.45) is 4.82. The summed E-state index contributed by atoms with van der Waals surface area (Å²) in [6.45, 7) is 5.21. The number of ketones is 1. The molecule has 0 aliphatic rings. The lowest BCUT2D eigenvalue weighted by Crippen LogP contribution is -2.01. The third-order valence-corrected chi connectivity index (χ3v) is 2.77. The maximum atomic E-state index is 11.9. The van der Waals surface area contributed by atoms with E-state index in [2.05, 4.69) is 0 Å². The molecule has 1 aromatic rings. The number of phenols is 2. The van der Waals surface area contributed by atoms with Crippen molar-refractivity contribution in [1.29, 1.82) is 0 Å². The molecule has 0 spiro atoms. The Balaban J connectivity index is 3.02. The molecule has 0 aliphatic heterocycles. The Morgan fingerprint density at radius 1 is 1.29 bits per heavy atom. The van der Waals surface area contributed by atoms with Crippen molar-refractivity contribution in [2.24, 2.45) is 0 Å². The lowest BCUT2D eigenvalue weighted by molar-refractivity contribution is 0.0981. The van der Waals surface area contributed by atoms with Crippen LogP contribution < -0.4 is 0 Å². The van der Waals surface area contributed by atoms with Crippen LogP contribution in [0.1, 0.15) is 41.3 Å². The van der Waals surface area contributed by atoms with Crippen molar-refractivity contribution in [2.45, 2.75) is 33.6 Å². The van der Waals surface area contributed by atoms with E-state index in [-0.39, 0.29) is 17.3 Å². The van der Waals surface area contributed by atoms with E-state index in [4.69, 9.17) is 0 Å². The number of carbonyl (C=O) groups excluding carboxylic acids is 1. The van der Waals surface area contributed by atoms with Gasteiger partial charge in [-0.15, -0.1) is 0 Å². The Bertz CT molecular complexity index is 459. The Hall–Kier alpha value is -1.77. The fraction of sp³-hybridized carbons (Fsp3) is 0.357.